The van der Waals surface area contributed by atoms with Crippen molar-refractivity contribution in [1.29, 1.82) is 0 Å². The van der Waals surface area contributed by atoms with Gasteiger partial charge in [-0.15, -0.1) is 0 Å². The molecule has 3 aromatic carbocycles. The lowest BCUT2D eigenvalue weighted by atomic mass is 9.83. The second kappa shape index (κ2) is 9.22. The molecule has 0 aromatic heterocycles. The predicted octanol–water partition coefficient (Wildman–Crippen LogP) is 7.15. The van der Waals surface area contributed by atoms with Crippen LogP contribution in [0.2, 0.25) is 0 Å². The lowest BCUT2D eigenvalue weighted by Crippen LogP contribution is -2.05. The fourth-order valence-corrected chi connectivity index (χ4v) is 3.57. The second-order valence-electron chi connectivity index (χ2n) is 6.84. The third-order valence-corrected chi connectivity index (χ3v) is 4.64. The monoisotopic (exact) mass is 330 g/mol. The molecule has 130 valence electrons. The lowest BCUT2D eigenvalue weighted by Gasteiger charge is -2.21. The Balaban J connectivity index is 0.000000269. The van der Waals surface area contributed by atoms with Gasteiger partial charge in [-0.3, -0.25) is 0 Å². The maximum atomic E-state index is 2.30. The molecule has 0 saturated carbocycles. The number of benzene rings is 3. The molecule has 0 spiro atoms. The predicted molar refractivity (Wildman–Crippen MR) is 110 cm³/mol. The Labute approximate surface area is 153 Å². The van der Waals surface area contributed by atoms with Gasteiger partial charge >= 0.3 is 0 Å². The van der Waals surface area contributed by atoms with Crippen LogP contribution in [-0.2, 0) is 0 Å². The Morgan fingerprint density at radius 3 is 1.52 bits per heavy atom. The van der Waals surface area contributed by atoms with E-state index in [1.54, 1.807) is 0 Å². The minimum atomic E-state index is 0.520. The van der Waals surface area contributed by atoms with Crippen LogP contribution in [0.15, 0.2) is 72.8 Å². The fourth-order valence-electron chi connectivity index (χ4n) is 3.57. The van der Waals surface area contributed by atoms with Crippen LogP contribution in [0.1, 0.15) is 52.6 Å². The zero-order valence-electron chi connectivity index (χ0n) is 16.2. The van der Waals surface area contributed by atoms with E-state index in [1.165, 1.54) is 33.4 Å². The first-order valence-electron chi connectivity index (χ1n) is 9.17. The van der Waals surface area contributed by atoms with Crippen molar-refractivity contribution in [2.24, 2.45) is 0 Å². The Bertz CT molecular complexity index is 747. The summed E-state index contributed by atoms with van der Waals surface area (Å²) in [6.45, 7) is 11.0. The van der Waals surface area contributed by atoms with Crippen molar-refractivity contribution in [1.82, 2.24) is 0 Å². The fraction of sp³-hybridized carbons (Fsp3) is 0.280. The maximum absolute atomic E-state index is 2.30. The highest BCUT2D eigenvalue weighted by Crippen LogP contribution is 2.33. The van der Waals surface area contributed by atoms with Gasteiger partial charge in [0.25, 0.3) is 0 Å². The van der Waals surface area contributed by atoms with Crippen LogP contribution in [0.25, 0.3) is 0 Å². The van der Waals surface area contributed by atoms with Gasteiger partial charge in [0.05, 0.1) is 0 Å². The van der Waals surface area contributed by atoms with Crippen molar-refractivity contribution in [2.75, 3.05) is 0 Å². The SMILES string of the molecule is CCC(c1ccccc1)c1c(C)cc(C)cc1C.Cc1ccccc1. The van der Waals surface area contributed by atoms with Gasteiger partial charge in [0.1, 0.15) is 0 Å². The quantitative estimate of drug-likeness (QED) is 0.478. The standard InChI is InChI=1S/C18H22.C7H8/c1-5-17(16-9-7-6-8-10-16)18-14(3)11-13(2)12-15(18)4;1-7-5-3-2-4-6-7/h6-12,17H,5H2,1-4H3;2-6H,1H3. The van der Waals surface area contributed by atoms with Gasteiger partial charge in [0.15, 0.2) is 0 Å². The van der Waals surface area contributed by atoms with Crippen LogP contribution < -0.4 is 0 Å². The Morgan fingerprint density at radius 1 is 0.640 bits per heavy atom. The zero-order chi connectivity index (χ0) is 18.2. The van der Waals surface area contributed by atoms with E-state index >= 15 is 0 Å². The normalized spacial score (nSPS) is 11.4. The van der Waals surface area contributed by atoms with E-state index in [4.69, 9.17) is 0 Å². The van der Waals surface area contributed by atoms with Gasteiger partial charge in [-0.25, -0.2) is 0 Å². The molecule has 0 saturated heterocycles. The first-order valence-corrected chi connectivity index (χ1v) is 9.17. The summed E-state index contributed by atoms with van der Waals surface area (Å²) < 4.78 is 0. The van der Waals surface area contributed by atoms with E-state index in [0.717, 1.165) is 6.42 Å². The second-order valence-corrected chi connectivity index (χ2v) is 6.84. The third kappa shape index (κ3) is 5.32. The summed E-state index contributed by atoms with van der Waals surface area (Å²) in [6.07, 6.45) is 1.15. The first kappa shape index (κ1) is 19.0. The van der Waals surface area contributed by atoms with Crippen molar-refractivity contribution in [3.8, 4) is 0 Å². The van der Waals surface area contributed by atoms with E-state index in [2.05, 4.69) is 89.2 Å². The van der Waals surface area contributed by atoms with Crippen LogP contribution in [0.3, 0.4) is 0 Å². The Morgan fingerprint density at radius 2 is 1.12 bits per heavy atom. The Hall–Kier alpha value is -2.34. The highest BCUT2D eigenvalue weighted by Gasteiger charge is 2.16. The molecule has 0 heteroatoms. The summed E-state index contributed by atoms with van der Waals surface area (Å²) in [6, 6.07) is 25.7. The van der Waals surface area contributed by atoms with E-state index in [1.807, 2.05) is 18.2 Å². The summed E-state index contributed by atoms with van der Waals surface area (Å²) in [7, 11) is 0. The van der Waals surface area contributed by atoms with Crippen molar-refractivity contribution in [3.05, 3.63) is 106 Å². The summed E-state index contributed by atoms with van der Waals surface area (Å²) >= 11 is 0. The first-order chi connectivity index (χ1) is 12.0. The van der Waals surface area contributed by atoms with Crippen molar-refractivity contribution >= 4 is 0 Å². The van der Waals surface area contributed by atoms with Gasteiger partial charge in [-0.05, 0) is 56.4 Å². The third-order valence-electron chi connectivity index (χ3n) is 4.64. The average Bonchev–Trinajstić information content (AvgIpc) is 2.60. The summed E-state index contributed by atoms with van der Waals surface area (Å²) in [5, 5.41) is 0. The van der Waals surface area contributed by atoms with E-state index < -0.39 is 0 Å². The van der Waals surface area contributed by atoms with Gasteiger partial charge in [-0.1, -0.05) is 90.8 Å². The molecule has 1 atom stereocenters. The lowest BCUT2D eigenvalue weighted by molar-refractivity contribution is 0.764. The topological polar surface area (TPSA) is 0 Å². The van der Waals surface area contributed by atoms with Crippen LogP contribution >= 0.6 is 0 Å². The molecule has 25 heavy (non-hydrogen) atoms. The van der Waals surface area contributed by atoms with Crippen LogP contribution in [0.5, 0.6) is 0 Å². The van der Waals surface area contributed by atoms with Crippen LogP contribution in [-0.4, -0.2) is 0 Å². The minimum Gasteiger partial charge on any atom is -0.0645 e. The molecule has 1 unspecified atom stereocenters. The summed E-state index contributed by atoms with van der Waals surface area (Å²) in [4.78, 5) is 0. The molecule has 3 rings (SSSR count). The molecule has 0 heterocycles. The number of aryl methyl sites for hydroxylation is 4. The van der Waals surface area contributed by atoms with Crippen LogP contribution in [0.4, 0.5) is 0 Å². The smallest absolute Gasteiger partial charge is 0.00919 e. The van der Waals surface area contributed by atoms with Gasteiger partial charge in [0, 0.05) is 5.92 Å². The summed E-state index contributed by atoms with van der Waals surface area (Å²) in [5.74, 6) is 0.520. The largest absolute Gasteiger partial charge is 0.0645 e. The number of rotatable bonds is 3. The molecular weight excluding hydrogens is 300 g/mol. The highest BCUT2D eigenvalue weighted by atomic mass is 14.2. The van der Waals surface area contributed by atoms with Gasteiger partial charge in [-0.2, -0.15) is 0 Å². The van der Waals surface area contributed by atoms with Crippen molar-refractivity contribution in [2.45, 2.75) is 47.0 Å². The molecule has 0 fully saturated rings. The van der Waals surface area contributed by atoms with E-state index in [0.29, 0.717) is 5.92 Å². The Kier molecular flexibility index (Phi) is 7.01. The van der Waals surface area contributed by atoms with Crippen molar-refractivity contribution < 1.29 is 0 Å². The molecule has 3 aromatic rings. The molecule has 0 aliphatic rings. The van der Waals surface area contributed by atoms with Gasteiger partial charge < -0.3 is 0 Å². The number of hydrogen-bond acceptors (Lipinski definition) is 0. The highest BCUT2D eigenvalue weighted by molar-refractivity contribution is 5.44. The maximum Gasteiger partial charge on any atom is 0.00919 e. The minimum absolute atomic E-state index is 0.520. The molecular formula is C25H30. The molecule has 0 amide bonds. The molecule has 0 radical (unpaired) electrons. The molecule has 0 nitrogen and oxygen atoms in total. The molecule has 0 aliphatic carbocycles. The zero-order valence-corrected chi connectivity index (χ0v) is 16.2. The molecule has 0 N–H and O–H groups in total. The number of hydrogen-bond donors (Lipinski definition) is 0. The molecule has 0 aliphatic heterocycles. The van der Waals surface area contributed by atoms with E-state index in [-0.39, 0.29) is 0 Å². The van der Waals surface area contributed by atoms with E-state index in [9.17, 15) is 0 Å². The summed E-state index contributed by atoms with van der Waals surface area (Å²) in [5.41, 5.74) is 8.45. The average molecular weight is 331 g/mol. The van der Waals surface area contributed by atoms with Crippen molar-refractivity contribution in [3.63, 3.8) is 0 Å². The van der Waals surface area contributed by atoms with Gasteiger partial charge in [0.2, 0.25) is 0 Å². The van der Waals surface area contributed by atoms with Crippen LogP contribution in [0, 0.1) is 27.7 Å². The molecule has 0 bridgehead atoms.